The topological polar surface area (TPSA) is 26.3 Å². The fourth-order valence-electron chi connectivity index (χ4n) is 3.69. The second-order valence-electron chi connectivity index (χ2n) is 6.28. The Balaban J connectivity index is 1.69. The summed E-state index contributed by atoms with van der Waals surface area (Å²) in [4.78, 5) is 12.5. The van der Waals surface area contributed by atoms with Crippen molar-refractivity contribution in [2.75, 3.05) is 6.61 Å². The molecular formula is C17H20ClFO2. The molecule has 1 aliphatic heterocycles. The Morgan fingerprint density at radius 3 is 2.90 bits per heavy atom. The summed E-state index contributed by atoms with van der Waals surface area (Å²) in [6.45, 7) is 0.647. The summed E-state index contributed by atoms with van der Waals surface area (Å²) in [5.74, 6) is -0.351. The Bertz CT molecular complexity index is 538. The van der Waals surface area contributed by atoms with Crippen LogP contribution in [0.5, 0.6) is 0 Å². The maximum absolute atomic E-state index is 13.9. The predicted molar refractivity (Wildman–Crippen MR) is 80.0 cm³/mol. The number of Topliss-reactive ketones (excluding diaryl/α,β-unsaturated/α-hetero) is 1. The van der Waals surface area contributed by atoms with E-state index in [0.29, 0.717) is 12.2 Å². The summed E-state index contributed by atoms with van der Waals surface area (Å²) in [5, 5.41) is 0.0829. The molecule has 0 amide bonds. The van der Waals surface area contributed by atoms with Crippen LogP contribution in [0.3, 0.4) is 0 Å². The largest absolute Gasteiger partial charge is 0.375 e. The van der Waals surface area contributed by atoms with E-state index in [-0.39, 0.29) is 28.7 Å². The van der Waals surface area contributed by atoms with Crippen LogP contribution >= 0.6 is 11.6 Å². The molecule has 21 heavy (non-hydrogen) atoms. The smallest absolute Gasteiger partial charge is 0.145 e. The Morgan fingerprint density at radius 2 is 2.14 bits per heavy atom. The van der Waals surface area contributed by atoms with Crippen molar-refractivity contribution in [3.05, 3.63) is 34.6 Å². The van der Waals surface area contributed by atoms with Crippen molar-refractivity contribution < 1.29 is 13.9 Å². The lowest BCUT2D eigenvalue weighted by atomic mass is 9.81. The Hall–Kier alpha value is -0.930. The predicted octanol–water partition coefficient (Wildman–Crippen LogP) is 4.33. The Kier molecular flexibility index (Phi) is 4.32. The summed E-state index contributed by atoms with van der Waals surface area (Å²) in [7, 11) is 0. The van der Waals surface area contributed by atoms with Gasteiger partial charge in [-0.2, -0.15) is 0 Å². The molecule has 0 bridgehead atoms. The van der Waals surface area contributed by atoms with Crippen LogP contribution in [0.25, 0.3) is 0 Å². The Morgan fingerprint density at radius 1 is 1.38 bits per heavy atom. The first-order valence-corrected chi connectivity index (χ1v) is 8.07. The molecule has 2 aliphatic rings. The lowest BCUT2D eigenvalue weighted by Crippen LogP contribution is -2.40. The molecule has 1 aromatic carbocycles. The number of halogens is 2. The molecule has 0 aromatic heterocycles. The van der Waals surface area contributed by atoms with Gasteiger partial charge in [-0.3, -0.25) is 4.79 Å². The minimum absolute atomic E-state index is 0.00442. The van der Waals surface area contributed by atoms with Gasteiger partial charge in [-0.25, -0.2) is 4.39 Å². The van der Waals surface area contributed by atoms with E-state index >= 15 is 0 Å². The Labute approximate surface area is 129 Å². The molecule has 2 nitrogen and oxygen atoms in total. The summed E-state index contributed by atoms with van der Waals surface area (Å²) in [6, 6.07) is 4.84. The van der Waals surface area contributed by atoms with E-state index in [4.69, 9.17) is 16.3 Å². The quantitative estimate of drug-likeness (QED) is 0.830. The monoisotopic (exact) mass is 310 g/mol. The van der Waals surface area contributed by atoms with E-state index in [0.717, 1.165) is 25.7 Å². The highest BCUT2D eigenvalue weighted by Gasteiger charge is 2.41. The molecule has 1 aliphatic carbocycles. The van der Waals surface area contributed by atoms with Crippen molar-refractivity contribution in [2.24, 2.45) is 5.92 Å². The van der Waals surface area contributed by atoms with Gasteiger partial charge in [-0.05, 0) is 37.3 Å². The van der Waals surface area contributed by atoms with Gasteiger partial charge in [0.05, 0.1) is 10.6 Å². The van der Waals surface area contributed by atoms with Crippen molar-refractivity contribution in [1.82, 2.24) is 0 Å². The average molecular weight is 311 g/mol. The molecule has 0 radical (unpaired) electrons. The first-order chi connectivity index (χ1) is 10.1. The van der Waals surface area contributed by atoms with Crippen LogP contribution in [-0.2, 0) is 16.0 Å². The zero-order chi connectivity index (χ0) is 14.9. The van der Waals surface area contributed by atoms with Gasteiger partial charge in [0.2, 0.25) is 0 Å². The molecule has 2 fully saturated rings. The van der Waals surface area contributed by atoms with Crippen molar-refractivity contribution in [1.29, 1.82) is 0 Å². The van der Waals surface area contributed by atoms with Crippen LogP contribution in [0.1, 0.15) is 44.1 Å². The average Bonchev–Trinajstić information content (AvgIpc) is 2.92. The van der Waals surface area contributed by atoms with Crippen molar-refractivity contribution >= 4 is 17.4 Å². The molecule has 1 saturated heterocycles. The van der Waals surface area contributed by atoms with Crippen LogP contribution in [-0.4, -0.2) is 18.0 Å². The molecule has 1 aromatic rings. The molecule has 114 valence electrons. The molecule has 1 saturated carbocycles. The summed E-state index contributed by atoms with van der Waals surface area (Å²) in [6.07, 6.45) is 6.17. The van der Waals surface area contributed by atoms with Gasteiger partial charge < -0.3 is 4.74 Å². The SMILES string of the molecule is O=C(Cc1cccc(Cl)c1F)C1CCOC2(CCCC2)C1. The number of carbonyl (C=O) groups excluding carboxylic acids is 1. The van der Waals surface area contributed by atoms with Gasteiger partial charge in [-0.15, -0.1) is 0 Å². The van der Waals surface area contributed by atoms with Crippen LogP contribution in [0.2, 0.25) is 5.02 Å². The minimum Gasteiger partial charge on any atom is -0.375 e. The van der Waals surface area contributed by atoms with Crippen LogP contribution in [0.15, 0.2) is 18.2 Å². The number of hydrogen-bond acceptors (Lipinski definition) is 2. The lowest BCUT2D eigenvalue weighted by Gasteiger charge is -2.37. The second kappa shape index (κ2) is 6.05. The van der Waals surface area contributed by atoms with Crippen LogP contribution in [0, 0.1) is 11.7 Å². The zero-order valence-electron chi connectivity index (χ0n) is 12.0. The minimum atomic E-state index is -0.463. The van der Waals surface area contributed by atoms with Crippen LogP contribution in [0.4, 0.5) is 4.39 Å². The van der Waals surface area contributed by atoms with Gasteiger partial charge >= 0.3 is 0 Å². The highest BCUT2D eigenvalue weighted by molar-refractivity contribution is 6.30. The van der Waals surface area contributed by atoms with E-state index < -0.39 is 5.82 Å². The molecule has 0 N–H and O–H groups in total. The van der Waals surface area contributed by atoms with Crippen molar-refractivity contribution in [2.45, 2.75) is 50.5 Å². The molecule has 1 heterocycles. The summed E-state index contributed by atoms with van der Waals surface area (Å²) in [5.41, 5.74) is 0.324. The summed E-state index contributed by atoms with van der Waals surface area (Å²) >= 11 is 5.78. The van der Waals surface area contributed by atoms with E-state index in [1.165, 1.54) is 18.9 Å². The first kappa shape index (κ1) is 15.0. The highest BCUT2D eigenvalue weighted by Crippen LogP contribution is 2.42. The maximum Gasteiger partial charge on any atom is 0.145 e. The maximum atomic E-state index is 13.9. The first-order valence-electron chi connectivity index (χ1n) is 7.69. The normalized spacial score (nSPS) is 24.4. The van der Waals surface area contributed by atoms with E-state index in [1.807, 2.05) is 0 Å². The van der Waals surface area contributed by atoms with E-state index in [2.05, 4.69) is 0 Å². The third-order valence-electron chi connectivity index (χ3n) is 4.86. The second-order valence-corrected chi connectivity index (χ2v) is 6.69. The van der Waals surface area contributed by atoms with Gasteiger partial charge in [0.15, 0.2) is 0 Å². The number of benzene rings is 1. The van der Waals surface area contributed by atoms with Gasteiger partial charge in [0.25, 0.3) is 0 Å². The molecular weight excluding hydrogens is 291 g/mol. The van der Waals surface area contributed by atoms with Crippen molar-refractivity contribution in [3.8, 4) is 0 Å². The molecule has 4 heteroatoms. The molecule has 1 spiro atoms. The number of ether oxygens (including phenoxy) is 1. The number of hydrogen-bond donors (Lipinski definition) is 0. The number of carbonyl (C=O) groups is 1. The number of rotatable bonds is 3. The molecule has 1 unspecified atom stereocenters. The zero-order valence-corrected chi connectivity index (χ0v) is 12.8. The van der Waals surface area contributed by atoms with E-state index in [9.17, 15) is 9.18 Å². The van der Waals surface area contributed by atoms with Gasteiger partial charge in [0.1, 0.15) is 11.6 Å². The fraction of sp³-hybridized carbons (Fsp3) is 0.588. The molecule has 1 atom stereocenters. The standard InChI is InChI=1S/C17H20ClFO2/c18-14-5-3-4-12(16(14)19)10-15(20)13-6-9-21-17(11-13)7-1-2-8-17/h3-5,13H,1-2,6-11H2. The van der Waals surface area contributed by atoms with Crippen molar-refractivity contribution in [3.63, 3.8) is 0 Å². The fourth-order valence-corrected chi connectivity index (χ4v) is 3.88. The third-order valence-corrected chi connectivity index (χ3v) is 5.15. The van der Waals surface area contributed by atoms with Gasteiger partial charge in [-0.1, -0.05) is 36.6 Å². The third kappa shape index (κ3) is 3.14. The highest BCUT2D eigenvalue weighted by atomic mass is 35.5. The van der Waals surface area contributed by atoms with Gasteiger partial charge in [0, 0.05) is 18.9 Å². The molecule has 3 rings (SSSR count). The lowest BCUT2D eigenvalue weighted by molar-refractivity contribution is -0.135. The van der Waals surface area contributed by atoms with Crippen LogP contribution < -0.4 is 0 Å². The van der Waals surface area contributed by atoms with E-state index in [1.54, 1.807) is 12.1 Å². The summed E-state index contributed by atoms with van der Waals surface area (Å²) < 4.78 is 19.9. The number of ketones is 1.